The molecule has 0 radical (unpaired) electrons. The predicted octanol–water partition coefficient (Wildman–Crippen LogP) is 11.8. The summed E-state index contributed by atoms with van der Waals surface area (Å²) in [6.07, 6.45) is 0. The van der Waals surface area contributed by atoms with Crippen molar-refractivity contribution in [2.75, 3.05) is 5.32 Å². The van der Waals surface area contributed by atoms with Crippen molar-refractivity contribution < 1.29 is 0 Å². The molecule has 0 saturated heterocycles. The molecule has 0 amide bonds. The fourth-order valence-electron chi connectivity index (χ4n) is 5.79. The van der Waals surface area contributed by atoms with Gasteiger partial charge in [0.05, 0.1) is 0 Å². The molecule has 0 unspecified atom stereocenters. The Bertz CT molecular complexity index is 1960. The Hall–Kier alpha value is -5.66. The highest BCUT2D eigenvalue weighted by Crippen LogP contribution is 2.38. The standard InChI is InChI=1S/C42H31N/c1-3-13-31(14-4-1)37-17-7-8-18-38(37)33-23-27-35(28-24-33)43-36-29-25-34(26-30-36)40-20-10-12-22-42(40)41-21-11-9-19-39(41)32-15-5-2-6-16-32/h1-30,43H. The molecule has 0 heterocycles. The van der Waals surface area contributed by atoms with Gasteiger partial charge >= 0.3 is 0 Å². The Morgan fingerprint density at radius 2 is 0.465 bits per heavy atom. The lowest BCUT2D eigenvalue weighted by Gasteiger charge is -2.15. The smallest absolute Gasteiger partial charge is 0.0384 e. The number of anilines is 2. The number of benzene rings is 7. The predicted molar refractivity (Wildman–Crippen MR) is 183 cm³/mol. The number of hydrogen-bond acceptors (Lipinski definition) is 1. The molecular weight excluding hydrogens is 518 g/mol. The maximum atomic E-state index is 3.58. The molecule has 0 aliphatic rings. The van der Waals surface area contributed by atoms with E-state index in [0.29, 0.717) is 0 Å². The van der Waals surface area contributed by atoms with Gasteiger partial charge in [-0.25, -0.2) is 0 Å². The van der Waals surface area contributed by atoms with E-state index in [1.807, 2.05) is 0 Å². The van der Waals surface area contributed by atoms with Gasteiger partial charge in [0.15, 0.2) is 0 Å². The zero-order chi connectivity index (χ0) is 28.8. The maximum Gasteiger partial charge on any atom is 0.0384 e. The summed E-state index contributed by atoms with van der Waals surface area (Å²) in [5.41, 5.74) is 14.4. The molecule has 0 atom stereocenters. The summed E-state index contributed by atoms with van der Waals surface area (Å²) in [4.78, 5) is 0. The van der Waals surface area contributed by atoms with Gasteiger partial charge < -0.3 is 5.32 Å². The first-order valence-electron chi connectivity index (χ1n) is 14.7. The Balaban J connectivity index is 1.13. The van der Waals surface area contributed by atoms with E-state index in [1.54, 1.807) is 0 Å². The molecule has 7 rings (SSSR count). The van der Waals surface area contributed by atoms with Crippen molar-refractivity contribution in [3.63, 3.8) is 0 Å². The maximum absolute atomic E-state index is 3.58. The molecule has 204 valence electrons. The molecule has 0 aromatic heterocycles. The second-order valence-electron chi connectivity index (χ2n) is 10.6. The molecule has 1 N–H and O–H groups in total. The normalized spacial score (nSPS) is 10.8. The first-order chi connectivity index (χ1) is 21.3. The summed E-state index contributed by atoms with van der Waals surface area (Å²) in [7, 11) is 0. The summed E-state index contributed by atoms with van der Waals surface area (Å²) in [5, 5.41) is 3.58. The van der Waals surface area contributed by atoms with Crippen LogP contribution in [0.15, 0.2) is 182 Å². The van der Waals surface area contributed by atoms with E-state index >= 15 is 0 Å². The van der Waals surface area contributed by atoms with Crippen molar-refractivity contribution in [2.24, 2.45) is 0 Å². The molecule has 1 heteroatoms. The Morgan fingerprint density at radius 1 is 0.209 bits per heavy atom. The lowest BCUT2D eigenvalue weighted by Crippen LogP contribution is -1.92. The monoisotopic (exact) mass is 549 g/mol. The van der Waals surface area contributed by atoms with Crippen LogP contribution in [0.2, 0.25) is 0 Å². The van der Waals surface area contributed by atoms with Gasteiger partial charge in [-0.05, 0) is 79.9 Å². The number of nitrogens with one attached hydrogen (secondary N) is 1. The Labute approximate surface area is 253 Å². The SMILES string of the molecule is c1ccc(-c2ccccc2-c2ccc(Nc3ccc(-c4ccccc4-c4ccccc4-c4ccccc4)cc3)cc2)cc1. The van der Waals surface area contributed by atoms with Gasteiger partial charge in [-0.15, -0.1) is 0 Å². The van der Waals surface area contributed by atoms with Crippen LogP contribution in [-0.4, -0.2) is 0 Å². The number of hydrogen-bond donors (Lipinski definition) is 1. The fourth-order valence-corrected chi connectivity index (χ4v) is 5.79. The van der Waals surface area contributed by atoms with Crippen LogP contribution < -0.4 is 5.32 Å². The van der Waals surface area contributed by atoms with Gasteiger partial charge in [0.25, 0.3) is 0 Å². The average Bonchev–Trinajstić information content (AvgIpc) is 3.10. The molecule has 0 fully saturated rings. The van der Waals surface area contributed by atoms with Gasteiger partial charge in [0, 0.05) is 11.4 Å². The van der Waals surface area contributed by atoms with E-state index in [-0.39, 0.29) is 0 Å². The van der Waals surface area contributed by atoms with Crippen molar-refractivity contribution >= 4 is 11.4 Å². The summed E-state index contributed by atoms with van der Waals surface area (Å²) in [6, 6.07) is 64.5. The minimum Gasteiger partial charge on any atom is -0.356 e. The average molecular weight is 550 g/mol. The summed E-state index contributed by atoms with van der Waals surface area (Å²) in [6.45, 7) is 0. The molecule has 7 aromatic rings. The van der Waals surface area contributed by atoms with Crippen LogP contribution in [0.25, 0.3) is 55.6 Å². The molecule has 0 aliphatic heterocycles. The molecule has 0 aliphatic carbocycles. The van der Waals surface area contributed by atoms with Crippen molar-refractivity contribution in [2.45, 2.75) is 0 Å². The molecule has 0 spiro atoms. The summed E-state index contributed by atoms with van der Waals surface area (Å²) < 4.78 is 0. The second-order valence-corrected chi connectivity index (χ2v) is 10.6. The highest BCUT2D eigenvalue weighted by molar-refractivity contribution is 5.92. The summed E-state index contributed by atoms with van der Waals surface area (Å²) >= 11 is 0. The third-order valence-electron chi connectivity index (χ3n) is 7.92. The van der Waals surface area contributed by atoms with Gasteiger partial charge in [-0.2, -0.15) is 0 Å². The molecule has 7 aromatic carbocycles. The number of rotatable bonds is 7. The van der Waals surface area contributed by atoms with E-state index in [1.165, 1.54) is 55.6 Å². The lowest BCUT2D eigenvalue weighted by molar-refractivity contribution is 1.52. The highest BCUT2D eigenvalue weighted by Gasteiger charge is 2.12. The van der Waals surface area contributed by atoms with Crippen LogP contribution in [0.3, 0.4) is 0 Å². The van der Waals surface area contributed by atoms with E-state index in [0.717, 1.165) is 11.4 Å². The van der Waals surface area contributed by atoms with Gasteiger partial charge in [0.1, 0.15) is 0 Å². The van der Waals surface area contributed by atoms with E-state index < -0.39 is 0 Å². The van der Waals surface area contributed by atoms with Crippen molar-refractivity contribution in [1.29, 1.82) is 0 Å². The van der Waals surface area contributed by atoms with Crippen LogP contribution in [0.4, 0.5) is 11.4 Å². The third kappa shape index (κ3) is 5.62. The van der Waals surface area contributed by atoms with Crippen LogP contribution in [-0.2, 0) is 0 Å². The van der Waals surface area contributed by atoms with E-state index in [9.17, 15) is 0 Å². The van der Waals surface area contributed by atoms with Gasteiger partial charge in [-0.1, -0.05) is 158 Å². The minimum atomic E-state index is 1.06. The van der Waals surface area contributed by atoms with Crippen LogP contribution in [0.5, 0.6) is 0 Å². The topological polar surface area (TPSA) is 12.0 Å². The molecule has 43 heavy (non-hydrogen) atoms. The zero-order valence-corrected chi connectivity index (χ0v) is 23.8. The van der Waals surface area contributed by atoms with Gasteiger partial charge in [-0.3, -0.25) is 0 Å². The Kier molecular flexibility index (Phi) is 7.36. The van der Waals surface area contributed by atoms with Crippen LogP contribution >= 0.6 is 0 Å². The zero-order valence-electron chi connectivity index (χ0n) is 23.8. The quantitative estimate of drug-likeness (QED) is 0.208. The van der Waals surface area contributed by atoms with E-state index in [2.05, 4.69) is 187 Å². The first kappa shape index (κ1) is 26.3. The van der Waals surface area contributed by atoms with E-state index in [4.69, 9.17) is 0 Å². The van der Waals surface area contributed by atoms with Crippen LogP contribution in [0, 0.1) is 0 Å². The summed E-state index contributed by atoms with van der Waals surface area (Å²) in [5.74, 6) is 0. The van der Waals surface area contributed by atoms with Crippen molar-refractivity contribution in [1.82, 2.24) is 0 Å². The van der Waals surface area contributed by atoms with Crippen LogP contribution in [0.1, 0.15) is 0 Å². The second kappa shape index (κ2) is 12.1. The first-order valence-corrected chi connectivity index (χ1v) is 14.7. The molecule has 1 nitrogen and oxygen atoms in total. The lowest BCUT2D eigenvalue weighted by atomic mass is 9.89. The highest BCUT2D eigenvalue weighted by atomic mass is 14.9. The molecule has 0 bridgehead atoms. The molecular formula is C42H31N. The van der Waals surface area contributed by atoms with Gasteiger partial charge in [0.2, 0.25) is 0 Å². The van der Waals surface area contributed by atoms with Crippen molar-refractivity contribution in [3.05, 3.63) is 182 Å². The van der Waals surface area contributed by atoms with Crippen molar-refractivity contribution in [3.8, 4) is 55.6 Å². The minimum absolute atomic E-state index is 1.06. The fraction of sp³-hybridized carbons (Fsp3) is 0. The molecule has 0 saturated carbocycles. The largest absolute Gasteiger partial charge is 0.356 e. The Morgan fingerprint density at radius 3 is 0.814 bits per heavy atom. The third-order valence-corrected chi connectivity index (χ3v) is 7.92.